The standard InChI is InChI=1S/C27H26N10O2S3/c1-14-28-18-5-3-16(11-20(18)30-14)12-22(38)32-26-36-34-23(41-26)7-9-40-10-8-24-35-37-27(42-24)33-25(39)17-4-6-19-21(13-17)31-15(2)29-19/h3-6,11,13H,7-10,12H2,1-2H3,(H,28,30)(H,29,31)(H,32,36,38)(H,33,37,39). The summed E-state index contributed by atoms with van der Waals surface area (Å²) in [5.74, 6) is 3.00. The molecule has 6 rings (SSSR count). The zero-order valence-electron chi connectivity index (χ0n) is 22.7. The summed E-state index contributed by atoms with van der Waals surface area (Å²) in [4.78, 5) is 40.2. The number of aromatic nitrogens is 8. The van der Waals surface area contributed by atoms with Gasteiger partial charge in [0, 0.05) is 18.4 Å². The molecule has 0 saturated carbocycles. The van der Waals surface area contributed by atoms with E-state index in [0.717, 1.165) is 73.6 Å². The molecule has 4 heterocycles. The van der Waals surface area contributed by atoms with Crippen molar-refractivity contribution in [2.75, 3.05) is 22.1 Å². The van der Waals surface area contributed by atoms with E-state index in [9.17, 15) is 9.59 Å². The molecule has 0 radical (unpaired) electrons. The van der Waals surface area contributed by atoms with E-state index in [-0.39, 0.29) is 18.2 Å². The monoisotopic (exact) mass is 618 g/mol. The third-order valence-corrected chi connectivity index (χ3v) is 9.00. The minimum atomic E-state index is -0.237. The number of fused-ring (bicyclic) bond motifs is 2. The van der Waals surface area contributed by atoms with E-state index in [4.69, 9.17) is 0 Å². The number of aromatic amines is 2. The zero-order valence-corrected chi connectivity index (χ0v) is 25.2. The van der Waals surface area contributed by atoms with Crippen LogP contribution in [0.4, 0.5) is 10.3 Å². The molecule has 0 fully saturated rings. The van der Waals surface area contributed by atoms with Crippen molar-refractivity contribution < 1.29 is 9.59 Å². The Bertz CT molecular complexity index is 1890. The Morgan fingerprint density at radius 3 is 2.05 bits per heavy atom. The Hall–Kier alpha value is -4.21. The van der Waals surface area contributed by atoms with E-state index in [2.05, 4.69) is 51.0 Å². The van der Waals surface area contributed by atoms with Crippen molar-refractivity contribution in [3.05, 3.63) is 69.2 Å². The van der Waals surface area contributed by atoms with Gasteiger partial charge in [0.2, 0.25) is 16.2 Å². The molecule has 0 saturated heterocycles. The first kappa shape index (κ1) is 27.9. The number of hydrogen-bond donors (Lipinski definition) is 4. The number of amides is 2. The third kappa shape index (κ3) is 6.80. The molecule has 0 aliphatic rings. The summed E-state index contributed by atoms with van der Waals surface area (Å²) in [5.41, 5.74) is 4.87. The second-order valence-electron chi connectivity index (χ2n) is 9.52. The molecular formula is C27H26N10O2S3. The van der Waals surface area contributed by atoms with Crippen LogP contribution >= 0.6 is 34.4 Å². The first-order valence-corrected chi connectivity index (χ1v) is 15.9. The SMILES string of the molecule is Cc1nc2ccc(CC(=O)Nc3nnc(CCSCCc4nnc(NC(=O)c5ccc6nc(C)[nH]c6c5)s4)s3)cc2[nH]1. The van der Waals surface area contributed by atoms with Crippen molar-refractivity contribution in [2.45, 2.75) is 33.1 Å². The van der Waals surface area contributed by atoms with E-state index in [0.29, 0.717) is 15.8 Å². The van der Waals surface area contributed by atoms with Crippen molar-refractivity contribution >= 4 is 78.6 Å². The van der Waals surface area contributed by atoms with Gasteiger partial charge >= 0.3 is 0 Å². The average molecular weight is 619 g/mol. The molecule has 6 aromatic rings. The summed E-state index contributed by atoms with van der Waals surface area (Å²) in [5, 5.41) is 25.0. The van der Waals surface area contributed by atoms with Crippen molar-refractivity contribution in [2.24, 2.45) is 0 Å². The molecule has 42 heavy (non-hydrogen) atoms. The van der Waals surface area contributed by atoms with Crippen LogP contribution in [0.1, 0.15) is 37.6 Å². The Labute approximate surface area is 252 Å². The highest BCUT2D eigenvalue weighted by atomic mass is 32.2. The summed E-state index contributed by atoms with van der Waals surface area (Å²) in [6.45, 7) is 3.78. The summed E-state index contributed by atoms with van der Waals surface area (Å²) < 4.78 is 0. The van der Waals surface area contributed by atoms with Crippen LogP contribution in [-0.4, -0.2) is 63.7 Å². The zero-order chi connectivity index (χ0) is 29.1. The Morgan fingerprint density at radius 2 is 1.38 bits per heavy atom. The van der Waals surface area contributed by atoms with Crippen LogP contribution in [0, 0.1) is 13.8 Å². The number of rotatable bonds is 11. The van der Waals surface area contributed by atoms with E-state index in [1.54, 1.807) is 23.9 Å². The van der Waals surface area contributed by atoms with E-state index in [1.807, 2.05) is 38.1 Å². The van der Waals surface area contributed by atoms with Crippen molar-refractivity contribution in [1.82, 2.24) is 40.3 Å². The van der Waals surface area contributed by atoms with Gasteiger partial charge in [0.15, 0.2) is 0 Å². The fraction of sp³-hybridized carbons (Fsp3) is 0.259. The minimum absolute atomic E-state index is 0.135. The number of hydrogen-bond acceptors (Lipinski definition) is 11. The van der Waals surface area contributed by atoms with Crippen LogP contribution in [0.15, 0.2) is 36.4 Å². The van der Waals surface area contributed by atoms with Crippen LogP contribution in [-0.2, 0) is 24.1 Å². The highest BCUT2D eigenvalue weighted by Gasteiger charge is 2.13. The van der Waals surface area contributed by atoms with Gasteiger partial charge < -0.3 is 15.3 Å². The maximum absolute atomic E-state index is 12.6. The molecule has 12 nitrogen and oxygen atoms in total. The van der Waals surface area contributed by atoms with Gasteiger partial charge in [0.05, 0.1) is 28.5 Å². The van der Waals surface area contributed by atoms with Gasteiger partial charge in [-0.05, 0) is 61.2 Å². The van der Waals surface area contributed by atoms with Gasteiger partial charge in [-0.3, -0.25) is 14.9 Å². The van der Waals surface area contributed by atoms with Gasteiger partial charge in [-0.2, -0.15) is 11.8 Å². The van der Waals surface area contributed by atoms with Gasteiger partial charge in [-0.1, -0.05) is 28.7 Å². The number of anilines is 2. The molecule has 4 aromatic heterocycles. The summed E-state index contributed by atoms with van der Waals surface area (Å²) >= 11 is 4.55. The Kier molecular flexibility index (Phi) is 8.21. The molecule has 0 aliphatic heterocycles. The maximum Gasteiger partial charge on any atom is 0.257 e. The number of aryl methyl sites for hydroxylation is 4. The number of nitrogens with one attached hydrogen (secondary N) is 4. The summed E-state index contributed by atoms with van der Waals surface area (Å²) in [7, 11) is 0. The predicted octanol–water partition coefficient (Wildman–Crippen LogP) is 4.71. The van der Waals surface area contributed by atoms with Crippen molar-refractivity contribution in [3.8, 4) is 0 Å². The number of benzene rings is 2. The number of nitrogens with zero attached hydrogens (tertiary/aromatic N) is 6. The first-order chi connectivity index (χ1) is 20.4. The second kappa shape index (κ2) is 12.3. The van der Waals surface area contributed by atoms with Crippen LogP contribution in [0.5, 0.6) is 0 Å². The second-order valence-corrected chi connectivity index (χ2v) is 12.9. The summed E-state index contributed by atoms with van der Waals surface area (Å²) in [6.07, 6.45) is 1.75. The Balaban J connectivity index is 0.906. The highest BCUT2D eigenvalue weighted by molar-refractivity contribution is 7.99. The van der Waals surface area contributed by atoms with Crippen LogP contribution in [0.2, 0.25) is 0 Å². The number of thioether (sulfide) groups is 1. The summed E-state index contributed by atoms with van der Waals surface area (Å²) in [6, 6.07) is 11.1. The molecule has 0 spiro atoms. The third-order valence-electron chi connectivity index (χ3n) is 6.21. The predicted molar refractivity (Wildman–Crippen MR) is 166 cm³/mol. The molecular weight excluding hydrogens is 593 g/mol. The molecule has 0 bridgehead atoms. The lowest BCUT2D eigenvalue weighted by Crippen LogP contribution is -2.14. The van der Waals surface area contributed by atoms with Crippen molar-refractivity contribution in [1.29, 1.82) is 0 Å². The van der Waals surface area contributed by atoms with Crippen LogP contribution < -0.4 is 10.6 Å². The number of carbonyl (C=O) groups is 2. The maximum atomic E-state index is 12.6. The average Bonchev–Trinajstić information content (AvgIpc) is 3.74. The topological polar surface area (TPSA) is 167 Å². The lowest BCUT2D eigenvalue weighted by molar-refractivity contribution is -0.115. The molecule has 0 atom stereocenters. The number of imidazole rings is 2. The minimum Gasteiger partial charge on any atom is -0.342 e. The molecule has 0 unspecified atom stereocenters. The smallest absolute Gasteiger partial charge is 0.257 e. The normalized spacial score (nSPS) is 11.4. The molecule has 214 valence electrons. The number of H-pyrrole nitrogens is 2. The lowest BCUT2D eigenvalue weighted by Gasteiger charge is -2.01. The quantitative estimate of drug-likeness (QED) is 0.150. The van der Waals surface area contributed by atoms with Crippen LogP contribution in [0.3, 0.4) is 0 Å². The van der Waals surface area contributed by atoms with Gasteiger partial charge in [-0.25, -0.2) is 9.97 Å². The van der Waals surface area contributed by atoms with Gasteiger partial charge in [0.25, 0.3) is 5.91 Å². The Morgan fingerprint density at radius 1 is 0.786 bits per heavy atom. The molecule has 2 amide bonds. The number of carbonyl (C=O) groups excluding carboxylic acids is 2. The van der Waals surface area contributed by atoms with Gasteiger partial charge in [-0.15, -0.1) is 20.4 Å². The largest absolute Gasteiger partial charge is 0.342 e. The highest BCUT2D eigenvalue weighted by Crippen LogP contribution is 2.22. The molecule has 15 heteroatoms. The fourth-order valence-electron chi connectivity index (χ4n) is 4.32. The van der Waals surface area contributed by atoms with E-state index in [1.165, 1.54) is 22.7 Å². The van der Waals surface area contributed by atoms with Crippen LogP contribution in [0.25, 0.3) is 22.1 Å². The molecule has 4 N–H and O–H groups in total. The van der Waals surface area contributed by atoms with E-state index >= 15 is 0 Å². The first-order valence-electron chi connectivity index (χ1n) is 13.1. The lowest BCUT2D eigenvalue weighted by atomic mass is 10.1. The van der Waals surface area contributed by atoms with Crippen molar-refractivity contribution in [3.63, 3.8) is 0 Å². The molecule has 0 aliphatic carbocycles. The van der Waals surface area contributed by atoms with E-state index < -0.39 is 0 Å². The molecule has 2 aromatic carbocycles. The fourth-order valence-corrected chi connectivity index (χ4v) is 6.95. The van der Waals surface area contributed by atoms with Gasteiger partial charge in [0.1, 0.15) is 21.7 Å².